The number of carbonyl (C=O) groups is 2. The van der Waals surface area contributed by atoms with Crippen molar-refractivity contribution in [2.75, 3.05) is 23.0 Å². The standard InChI is InChI=1S/C26H29BrN2O4/c1-25(2,3)33-24(31)29-22-14-21(32-16-17-4-5-17)11-6-18(22)15-26(29)12-13-28(23(26)30)20-9-7-19(27)8-10-20/h6-11,14,17H,4-5,12-13,15-16H2,1-3H3. The lowest BCUT2D eigenvalue weighted by Crippen LogP contribution is -2.56. The average molecular weight is 513 g/mol. The van der Waals surface area contributed by atoms with Gasteiger partial charge in [-0.3, -0.25) is 9.69 Å². The summed E-state index contributed by atoms with van der Waals surface area (Å²) in [7, 11) is 0. The Morgan fingerprint density at radius 2 is 1.88 bits per heavy atom. The predicted molar refractivity (Wildman–Crippen MR) is 131 cm³/mol. The highest BCUT2D eigenvalue weighted by Crippen LogP contribution is 2.47. The second kappa shape index (κ2) is 8.05. The number of rotatable bonds is 4. The summed E-state index contributed by atoms with van der Waals surface area (Å²) in [4.78, 5) is 30.8. The molecule has 1 saturated carbocycles. The summed E-state index contributed by atoms with van der Waals surface area (Å²) >= 11 is 3.45. The van der Waals surface area contributed by atoms with Gasteiger partial charge in [-0.15, -0.1) is 0 Å². The van der Waals surface area contributed by atoms with Crippen LogP contribution >= 0.6 is 15.9 Å². The van der Waals surface area contributed by atoms with Gasteiger partial charge in [0, 0.05) is 29.2 Å². The van der Waals surface area contributed by atoms with Gasteiger partial charge >= 0.3 is 6.09 Å². The molecule has 2 aromatic rings. The molecule has 1 saturated heterocycles. The quantitative estimate of drug-likeness (QED) is 0.526. The lowest BCUT2D eigenvalue weighted by molar-refractivity contribution is -0.121. The van der Waals surface area contributed by atoms with Crippen molar-refractivity contribution in [3.8, 4) is 5.75 Å². The average Bonchev–Trinajstić information content (AvgIpc) is 3.45. The van der Waals surface area contributed by atoms with Crippen LogP contribution in [0, 0.1) is 5.92 Å². The number of hydrogen-bond donors (Lipinski definition) is 0. The van der Waals surface area contributed by atoms with Gasteiger partial charge in [0.2, 0.25) is 0 Å². The van der Waals surface area contributed by atoms with Crippen molar-refractivity contribution in [2.45, 2.75) is 57.6 Å². The largest absolute Gasteiger partial charge is 0.493 e. The van der Waals surface area contributed by atoms with Crippen LogP contribution in [-0.2, 0) is 16.0 Å². The normalized spacial score (nSPS) is 22.1. The van der Waals surface area contributed by atoms with E-state index in [1.165, 1.54) is 12.8 Å². The first-order chi connectivity index (χ1) is 15.7. The van der Waals surface area contributed by atoms with Gasteiger partial charge in [-0.2, -0.15) is 0 Å². The lowest BCUT2D eigenvalue weighted by atomic mass is 9.92. The molecule has 5 rings (SSSR count). The highest BCUT2D eigenvalue weighted by Gasteiger charge is 2.58. The van der Waals surface area contributed by atoms with Crippen molar-refractivity contribution in [2.24, 2.45) is 5.92 Å². The Morgan fingerprint density at radius 3 is 2.55 bits per heavy atom. The van der Waals surface area contributed by atoms with Crippen LogP contribution in [0.1, 0.15) is 45.6 Å². The SMILES string of the molecule is CC(C)(C)OC(=O)N1c2cc(OCC3CC3)ccc2CC12CCN(c1ccc(Br)cc1)C2=O. The fraction of sp³-hybridized carbons (Fsp3) is 0.462. The number of anilines is 2. The molecular formula is C26H29BrN2O4. The predicted octanol–water partition coefficient (Wildman–Crippen LogP) is 5.71. The van der Waals surface area contributed by atoms with E-state index in [1.807, 2.05) is 63.2 Å². The third-order valence-electron chi connectivity index (χ3n) is 6.50. The van der Waals surface area contributed by atoms with Gasteiger partial charge in [0.05, 0.1) is 12.3 Å². The van der Waals surface area contributed by atoms with Crippen LogP contribution in [0.4, 0.5) is 16.2 Å². The first kappa shape index (κ1) is 22.3. The van der Waals surface area contributed by atoms with Crippen LogP contribution in [0.2, 0.25) is 0 Å². The number of hydrogen-bond acceptors (Lipinski definition) is 4. The molecule has 0 radical (unpaired) electrons. The zero-order chi connectivity index (χ0) is 23.4. The second-order valence-electron chi connectivity index (χ2n) is 10.3. The van der Waals surface area contributed by atoms with E-state index in [1.54, 1.807) is 9.80 Å². The van der Waals surface area contributed by atoms with E-state index in [9.17, 15) is 9.59 Å². The monoisotopic (exact) mass is 512 g/mol. The fourth-order valence-corrected chi connectivity index (χ4v) is 4.95. The van der Waals surface area contributed by atoms with Crippen molar-refractivity contribution < 1.29 is 19.1 Å². The molecular weight excluding hydrogens is 484 g/mol. The maximum atomic E-state index is 13.9. The number of benzene rings is 2. The molecule has 7 heteroatoms. The van der Waals surface area contributed by atoms with Crippen molar-refractivity contribution >= 4 is 39.3 Å². The van der Waals surface area contributed by atoms with Gasteiger partial charge in [0.1, 0.15) is 16.9 Å². The van der Waals surface area contributed by atoms with E-state index in [0.717, 1.165) is 21.5 Å². The molecule has 6 nitrogen and oxygen atoms in total. The Hall–Kier alpha value is -2.54. The molecule has 0 bridgehead atoms. The van der Waals surface area contributed by atoms with Crippen LogP contribution < -0.4 is 14.5 Å². The van der Waals surface area contributed by atoms with Crippen LogP contribution in [-0.4, -0.2) is 36.3 Å². The van der Waals surface area contributed by atoms with Gasteiger partial charge in [0.25, 0.3) is 5.91 Å². The van der Waals surface area contributed by atoms with Gasteiger partial charge in [-0.25, -0.2) is 4.79 Å². The molecule has 1 aliphatic carbocycles. The number of halogens is 1. The maximum absolute atomic E-state index is 13.9. The Bertz CT molecular complexity index is 1090. The molecule has 33 heavy (non-hydrogen) atoms. The van der Waals surface area contributed by atoms with Crippen LogP contribution in [0.5, 0.6) is 5.75 Å². The molecule has 0 aromatic heterocycles. The molecule has 2 amide bonds. The minimum absolute atomic E-state index is 0.0765. The van der Waals surface area contributed by atoms with E-state index in [0.29, 0.717) is 37.6 Å². The molecule has 2 fully saturated rings. The van der Waals surface area contributed by atoms with Crippen LogP contribution in [0.25, 0.3) is 0 Å². The molecule has 174 valence electrons. The van der Waals surface area contributed by atoms with E-state index >= 15 is 0 Å². The maximum Gasteiger partial charge on any atom is 0.415 e. The highest BCUT2D eigenvalue weighted by atomic mass is 79.9. The lowest BCUT2D eigenvalue weighted by Gasteiger charge is -2.35. The summed E-state index contributed by atoms with van der Waals surface area (Å²) in [6, 6.07) is 13.5. The van der Waals surface area contributed by atoms with Gasteiger partial charge < -0.3 is 14.4 Å². The summed E-state index contributed by atoms with van der Waals surface area (Å²) < 4.78 is 12.7. The van der Waals surface area contributed by atoms with E-state index < -0.39 is 17.2 Å². The van der Waals surface area contributed by atoms with Gasteiger partial charge in [-0.05, 0) is 81.8 Å². The Balaban J connectivity index is 1.50. The molecule has 0 N–H and O–H groups in total. The van der Waals surface area contributed by atoms with E-state index in [4.69, 9.17) is 9.47 Å². The first-order valence-electron chi connectivity index (χ1n) is 11.5. The third-order valence-corrected chi connectivity index (χ3v) is 7.03. The molecule has 3 aliphatic rings. The third kappa shape index (κ3) is 4.23. The summed E-state index contributed by atoms with van der Waals surface area (Å²) in [6.07, 6.45) is 2.92. The summed E-state index contributed by atoms with van der Waals surface area (Å²) in [6.45, 7) is 6.75. The van der Waals surface area contributed by atoms with Gasteiger partial charge in [-0.1, -0.05) is 22.0 Å². The Labute approximate surface area is 203 Å². The van der Waals surface area contributed by atoms with Gasteiger partial charge in [0.15, 0.2) is 0 Å². The summed E-state index contributed by atoms with van der Waals surface area (Å²) in [5.41, 5.74) is 0.837. The van der Waals surface area contributed by atoms with Crippen molar-refractivity contribution in [1.29, 1.82) is 0 Å². The Morgan fingerprint density at radius 1 is 1.15 bits per heavy atom. The number of ether oxygens (including phenoxy) is 2. The molecule has 2 heterocycles. The Kier molecular flexibility index (Phi) is 5.43. The zero-order valence-electron chi connectivity index (χ0n) is 19.3. The number of nitrogens with zero attached hydrogens (tertiary/aromatic N) is 2. The minimum Gasteiger partial charge on any atom is -0.493 e. The smallest absolute Gasteiger partial charge is 0.415 e. The number of amides is 2. The first-order valence-corrected chi connectivity index (χ1v) is 12.3. The molecule has 1 atom stereocenters. The highest BCUT2D eigenvalue weighted by molar-refractivity contribution is 9.10. The van der Waals surface area contributed by atoms with Crippen molar-refractivity contribution in [1.82, 2.24) is 0 Å². The summed E-state index contributed by atoms with van der Waals surface area (Å²) in [5, 5.41) is 0. The van der Waals surface area contributed by atoms with Crippen molar-refractivity contribution in [3.63, 3.8) is 0 Å². The zero-order valence-corrected chi connectivity index (χ0v) is 20.9. The van der Waals surface area contributed by atoms with E-state index in [2.05, 4.69) is 15.9 Å². The minimum atomic E-state index is -0.993. The molecule has 2 aromatic carbocycles. The number of carbonyl (C=O) groups excluding carboxylic acids is 2. The summed E-state index contributed by atoms with van der Waals surface area (Å²) in [5.74, 6) is 1.27. The number of fused-ring (bicyclic) bond motifs is 1. The topological polar surface area (TPSA) is 59.1 Å². The fourth-order valence-electron chi connectivity index (χ4n) is 4.69. The second-order valence-corrected chi connectivity index (χ2v) is 11.2. The molecule has 2 aliphatic heterocycles. The molecule has 1 spiro atoms. The van der Waals surface area contributed by atoms with Crippen LogP contribution in [0.15, 0.2) is 46.9 Å². The van der Waals surface area contributed by atoms with Crippen molar-refractivity contribution in [3.05, 3.63) is 52.5 Å². The van der Waals surface area contributed by atoms with E-state index in [-0.39, 0.29) is 5.91 Å². The molecule has 1 unspecified atom stereocenters. The van der Waals surface area contributed by atoms with Crippen LogP contribution in [0.3, 0.4) is 0 Å².